The highest BCUT2D eigenvalue weighted by Gasteiger charge is 2.31. The summed E-state index contributed by atoms with van der Waals surface area (Å²) in [5.74, 6) is 0.952. The van der Waals surface area contributed by atoms with E-state index < -0.39 is 6.36 Å². The zero-order valence-electron chi connectivity index (χ0n) is 15.9. The zero-order chi connectivity index (χ0) is 22.0. The molecule has 9 heteroatoms. The van der Waals surface area contributed by atoms with Crippen LogP contribution in [-0.2, 0) is 13.2 Å². The molecule has 4 rings (SSSR count). The lowest BCUT2D eigenvalue weighted by atomic mass is 10.2. The fraction of sp³-hybridized carbons (Fsp3) is 0.136. The Morgan fingerprint density at radius 2 is 1.61 bits per heavy atom. The predicted molar refractivity (Wildman–Crippen MR) is 113 cm³/mol. The van der Waals surface area contributed by atoms with Gasteiger partial charge in [0.1, 0.15) is 23.9 Å². The molecule has 0 atom stereocenters. The third-order valence-electron chi connectivity index (χ3n) is 4.45. The molecule has 0 aliphatic carbocycles. The number of nitrogens with zero attached hydrogens (tertiary/aromatic N) is 2. The Kier molecular flexibility index (Phi) is 5.98. The second-order valence-corrected chi connectivity index (χ2v) is 7.56. The maximum atomic E-state index is 12.4. The van der Waals surface area contributed by atoms with Crippen LogP contribution in [-0.4, -0.2) is 15.9 Å². The highest BCUT2D eigenvalue weighted by Crippen LogP contribution is 2.26. The highest BCUT2D eigenvalue weighted by molar-refractivity contribution is 6.31. The lowest BCUT2D eigenvalue weighted by molar-refractivity contribution is -0.274. The molecule has 0 aliphatic rings. The van der Waals surface area contributed by atoms with Gasteiger partial charge in [-0.3, -0.25) is 0 Å². The van der Waals surface area contributed by atoms with Gasteiger partial charge in [-0.05, 0) is 54.1 Å². The Balaban J connectivity index is 1.61. The molecule has 0 unspecified atom stereocenters. The van der Waals surface area contributed by atoms with Crippen LogP contribution < -0.4 is 9.47 Å². The highest BCUT2D eigenvalue weighted by atomic mass is 35.5. The van der Waals surface area contributed by atoms with Crippen molar-refractivity contribution in [2.45, 2.75) is 19.5 Å². The molecule has 1 heterocycles. The average molecular weight is 467 g/mol. The van der Waals surface area contributed by atoms with Crippen molar-refractivity contribution in [1.82, 2.24) is 9.55 Å². The Morgan fingerprint density at radius 1 is 0.871 bits per heavy atom. The fourth-order valence-corrected chi connectivity index (χ4v) is 3.47. The molecule has 0 fully saturated rings. The van der Waals surface area contributed by atoms with Crippen LogP contribution in [0.15, 0.2) is 66.7 Å². The lowest BCUT2D eigenvalue weighted by Gasteiger charge is -2.12. The number of benzene rings is 3. The van der Waals surface area contributed by atoms with Crippen molar-refractivity contribution in [2.24, 2.45) is 0 Å². The van der Waals surface area contributed by atoms with E-state index in [1.807, 2.05) is 10.6 Å². The molecule has 1 aromatic heterocycles. The van der Waals surface area contributed by atoms with Gasteiger partial charge in [0.25, 0.3) is 0 Å². The Labute approximate surface area is 185 Å². The molecule has 0 N–H and O–H groups in total. The Hall–Kier alpha value is -2.90. The quantitative estimate of drug-likeness (QED) is 0.311. The molecule has 0 radical (unpaired) electrons. The summed E-state index contributed by atoms with van der Waals surface area (Å²) in [5.41, 5.74) is 2.28. The predicted octanol–water partition coefficient (Wildman–Crippen LogP) is 6.87. The van der Waals surface area contributed by atoms with Crippen molar-refractivity contribution in [1.29, 1.82) is 0 Å². The summed E-state index contributed by atoms with van der Waals surface area (Å²) in [6.45, 7) is 0.542. The second-order valence-electron chi connectivity index (χ2n) is 6.69. The number of rotatable bonds is 6. The van der Waals surface area contributed by atoms with Crippen molar-refractivity contribution in [3.63, 3.8) is 0 Å². The standard InChI is InChI=1S/C22H15Cl2F3N2O2/c23-15-2-1-3-18(10-15)30-13-21-28-19-11-16(24)6-9-20(19)29(21)12-14-4-7-17(8-5-14)31-22(25,26)27/h1-11H,12-13H2. The molecular weight excluding hydrogens is 452 g/mol. The topological polar surface area (TPSA) is 36.3 Å². The maximum Gasteiger partial charge on any atom is 0.573 e. The first kappa shape index (κ1) is 21.3. The molecule has 0 saturated carbocycles. The normalized spacial score (nSPS) is 11.6. The second kappa shape index (κ2) is 8.69. The minimum atomic E-state index is -4.73. The van der Waals surface area contributed by atoms with Crippen LogP contribution in [0.1, 0.15) is 11.4 Å². The minimum absolute atomic E-state index is 0.169. The summed E-state index contributed by atoms with van der Waals surface area (Å²) in [6, 6.07) is 18.1. The molecule has 0 saturated heterocycles. The van der Waals surface area contributed by atoms with E-state index in [1.54, 1.807) is 48.5 Å². The van der Waals surface area contributed by atoms with Gasteiger partial charge in [-0.2, -0.15) is 0 Å². The van der Waals surface area contributed by atoms with Gasteiger partial charge in [0.15, 0.2) is 0 Å². The van der Waals surface area contributed by atoms with Gasteiger partial charge in [-0.15, -0.1) is 13.2 Å². The summed E-state index contributed by atoms with van der Waals surface area (Å²) in [7, 11) is 0. The van der Waals surface area contributed by atoms with Crippen LogP contribution in [0.4, 0.5) is 13.2 Å². The van der Waals surface area contributed by atoms with Crippen LogP contribution in [0, 0.1) is 0 Å². The number of fused-ring (bicyclic) bond motifs is 1. The van der Waals surface area contributed by atoms with E-state index in [4.69, 9.17) is 27.9 Å². The van der Waals surface area contributed by atoms with Crippen molar-refractivity contribution in [3.05, 3.63) is 88.2 Å². The van der Waals surface area contributed by atoms with E-state index >= 15 is 0 Å². The average Bonchev–Trinajstić information content (AvgIpc) is 3.03. The summed E-state index contributed by atoms with van der Waals surface area (Å²) in [6.07, 6.45) is -4.73. The first-order chi connectivity index (χ1) is 14.8. The van der Waals surface area contributed by atoms with Gasteiger partial charge in [0.05, 0.1) is 11.0 Å². The SMILES string of the molecule is FC(F)(F)Oc1ccc(Cn2c(COc3cccc(Cl)c3)nc3cc(Cl)ccc32)cc1. The molecule has 0 aliphatic heterocycles. The van der Waals surface area contributed by atoms with Gasteiger partial charge < -0.3 is 14.0 Å². The van der Waals surface area contributed by atoms with E-state index in [9.17, 15) is 13.2 Å². The van der Waals surface area contributed by atoms with E-state index in [0.717, 1.165) is 11.1 Å². The molecule has 0 amide bonds. The number of aromatic nitrogens is 2. The van der Waals surface area contributed by atoms with Gasteiger partial charge in [-0.1, -0.05) is 41.4 Å². The summed E-state index contributed by atoms with van der Waals surface area (Å²) in [5, 5.41) is 1.10. The van der Waals surface area contributed by atoms with Crippen molar-refractivity contribution in [2.75, 3.05) is 0 Å². The maximum absolute atomic E-state index is 12.4. The molecule has 31 heavy (non-hydrogen) atoms. The van der Waals surface area contributed by atoms with E-state index in [0.29, 0.717) is 33.7 Å². The molecular formula is C22H15Cl2F3N2O2. The van der Waals surface area contributed by atoms with E-state index in [1.165, 1.54) is 12.1 Å². The van der Waals surface area contributed by atoms with Gasteiger partial charge >= 0.3 is 6.36 Å². The first-order valence-corrected chi connectivity index (χ1v) is 9.90. The number of ether oxygens (including phenoxy) is 2. The molecule has 3 aromatic carbocycles. The molecule has 4 aromatic rings. The van der Waals surface area contributed by atoms with Crippen LogP contribution >= 0.6 is 23.2 Å². The molecule has 0 spiro atoms. The van der Waals surface area contributed by atoms with Crippen molar-refractivity contribution in [3.8, 4) is 11.5 Å². The first-order valence-electron chi connectivity index (χ1n) is 9.14. The molecule has 4 nitrogen and oxygen atoms in total. The smallest absolute Gasteiger partial charge is 0.486 e. The van der Waals surface area contributed by atoms with Crippen LogP contribution in [0.25, 0.3) is 11.0 Å². The van der Waals surface area contributed by atoms with E-state index in [2.05, 4.69) is 9.72 Å². The fourth-order valence-electron chi connectivity index (χ4n) is 3.12. The van der Waals surface area contributed by atoms with Crippen LogP contribution in [0.3, 0.4) is 0 Å². The largest absolute Gasteiger partial charge is 0.573 e. The Bertz CT molecular complexity index is 1210. The van der Waals surface area contributed by atoms with Crippen LogP contribution in [0.2, 0.25) is 10.0 Å². The third kappa shape index (κ3) is 5.42. The summed E-state index contributed by atoms with van der Waals surface area (Å²) >= 11 is 12.1. The van der Waals surface area contributed by atoms with E-state index in [-0.39, 0.29) is 12.4 Å². The molecule has 160 valence electrons. The number of hydrogen-bond acceptors (Lipinski definition) is 3. The lowest BCUT2D eigenvalue weighted by Crippen LogP contribution is -2.17. The van der Waals surface area contributed by atoms with Gasteiger partial charge in [0.2, 0.25) is 0 Å². The summed E-state index contributed by atoms with van der Waals surface area (Å²) < 4.78 is 48.9. The number of halogens is 5. The number of imidazole rings is 1. The molecule has 0 bridgehead atoms. The van der Waals surface area contributed by atoms with Crippen molar-refractivity contribution < 1.29 is 22.6 Å². The monoisotopic (exact) mass is 466 g/mol. The van der Waals surface area contributed by atoms with Crippen molar-refractivity contribution >= 4 is 34.2 Å². The minimum Gasteiger partial charge on any atom is -0.486 e. The van der Waals surface area contributed by atoms with Gasteiger partial charge in [-0.25, -0.2) is 4.98 Å². The summed E-state index contributed by atoms with van der Waals surface area (Å²) in [4.78, 5) is 4.62. The van der Waals surface area contributed by atoms with Gasteiger partial charge in [0, 0.05) is 16.6 Å². The number of hydrogen-bond donors (Lipinski definition) is 0. The third-order valence-corrected chi connectivity index (χ3v) is 4.92. The van der Waals surface area contributed by atoms with Crippen LogP contribution in [0.5, 0.6) is 11.5 Å². The zero-order valence-corrected chi connectivity index (χ0v) is 17.4. The Morgan fingerprint density at radius 3 is 2.32 bits per heavy atom. The number of alkyl halides is 3.